The molecule has 120 valence electrons. The second-order valence-corrected chi connectivity index (χ2v) is 6.54. The zero-order valence-corrected chi connectivity index (χ0v) is 13.3. The zero-order chi connectivity index (χ0) is 16.8. The minimum absolute atomic E-state index is 0.300. The largest absolute Gasteiger partial charge is 0.481 e. The Labute approximate surface area is 133 Å². The Kier molecular flexibility index (Phi) is 3.47. The number of nitrogens with zero attached hydrogens (tertiary/aromatic N) is 1. The fraction of sp³-hybridized carbons (Fsp3) is 0.353. The summed E-state index contributed by atoms with van der Waals surface area (Å²) in [7, 11) is 0. The van der Waals surface area contributed by atoms with Crippen LogP contribution in [0.1, 0.15) is 19.5 Å². The number of nitrogens with one attached hydrogen (secondary N) is 2. The lowest BCUT2D eigenvalue weighted by Gasteiger charge is -2.07. The quantitative estimate of drug-likeness (QED) is 0.808. The highest BCUT2D eigenvalue weighted by atomic mass is 16.4. The Morgan fingerprint density at radius 2 is 1.87 bits per heavy atom. The van der Waals surface area contributed by atoms with E-state index in [1.54, 1.807) is 13.8 Å². The molecule has 1 amide bonds. The van der Waals surface area contributed by atoms with E-state index in [2.05, 4.69) is 15.5 Å². The van der Waals surface area contributed by atoms with Crippen molar-refractivity contribution in [3.63, 3.8) is 0 Å². The molecule has 6 heteroatoms. The van der Waals surface area contributed by atoms with Crippen LogP contribution < -0.4 is 5.32 Å². The summed E-state index contributed by atoms with van der Waals surface area (Å²) in [4.78, 5) is 23.7. The van der Waals surface area contributed by atoms with E-state index in [0.29, 0.717) is 5.82 Å². The molecule has 0 aliphatic heterocycles. The maximum atomic E-state index is 12.5. The summed E-state index contributed by atoms with van der Waals surface area (Å²) in [6.45, 7) is 5.47. The van der Waals surface area contributed by atoms with Gasteiger partial charge in [0.05, 0.1) is 11.8 Å². The molecular weight excluding hydrogens is 294 g/mol. The number of aromatic nitrogens is 2. The molecule has 1 aliphatic carbocycles. The van der Waals surface area contributed by atoms with Crippen LogP contribution in [0.3, 0.4) is 0 Å². The predicted octanol–water partition coefficient (Wildman–Crippen LogP) is 2.68. The van der Waals surface area contributed by atoms with Gasteiger partial charge < -0.3 is 10.4 Å². The Bertz CT molecular complexity index is 765. The highest BCUT2D eigenvalue weighted by molar-refractivity contribution is 6.01. The number of rotatable bonds is 4. The Hall–Kier alpha value is -2.63. The molecule has 3 rings (SSSR count). The van der Waals surface area contributed by atoms with E-state index >= 15 is 0 Å². The van der Waals surface area contributed by atoms with Gasteiger partial charge in [-0.3, -0.25) is 14.7 Å². The normalized spacial score (nSPS) is 21.7. The summed E-state index contributed by atoms with van der Waals surface area (Å²) >= 11 is 0. The van der Waals surface area contributed by atoms with Crippen molar-refractivity contribution in [2.24, 2.45) is 17.3 Å². The van der Waals surface area contributed by atoms with Crippen LogP contribution in [0.2, 0.25) is 0 Å². The highest BCUT2D eigenvalue weighted by Gasteiger charge is 2.66. The van der Waals surface area contributed by atoms with Crippen LogP contribution in [0.25, 0.3) is 11.1 Å². The van der Waals surface area contributed by atoms with Gasteiger partial charge in [-0.1, -0.05) is 44.2 Å². The lowest BCUT2D eigenvalue weighted by atomic mass is 10.1. The van der Waals surface area contributed by atoms with Gasteiger partial charge in [0, 0.05) is 11.3 Å². The molecule has 23 heavy (non-hydrogen) atoms. The summed E-state index contributed by atoms with van der Waals surface area (Å²) in [6, 6.07) is 9.63. The maximum Gasteiger partial charge on any atom is 0.307 e. The average molecular weight is 313 g/mol. The standard InChI is InChI=1S/C17H19N3O3/c1-9-11(10-7-5-4-6-8-10)14(20-19-9)18-15(21)12-13(16(22)23)17(12,2)3/h4-8,12-13H,1-3H3,(H,22,23)(H2,18,19,20,21)/t12-,13+/m0/s1. The summed E-state index contributed by atoms with van der Waals surface area (Å²) < 4.78 is 0. The Balaban J connectivity index is 1.85. The molecule has 0 saturated heterocycles. The number of H-pyrrole nitrogens is 1. The molecule has 3 N–H and O–H groups in total. The molecule has 1 aromatic carbocycles. The van der Waals surface area contributed by atoms with Crippen LogP contribution in [-0.4, -0.2) is 27.2 Å². The van der Waals surface area contributed by atoms with Gasteiger partial charge in [0.2, 0.25) is 5.91 Å². The smallest absolute Gasteiger partial charge is 0.307 e. The molecule has 2 aromatic rings. The van der Waals surface area contributed by atoms with Gasteiger partial charge in [0.25, 0.3) is 0 Å². The maximum absolute atomic E-state index is 12.5. The van der Waals surface area contributed by atoms with E-state index in [-0.39, 0.29) is 5.91 Å². The first-order valence-electron chi connectivity index (χ1n) is 7.48. The SMILES string of the molecule is Cc1[nH]nc(NC(=O)[C@@H]2[C@H](C(=O)O)C2(C)C)c1-c1ccccc1. The second kappa shape index (κ2) is 5.22. The number of carboxylic acids is 1. The van der Waals surface area contributed by atoms with Crippen molar-refractivity contribution in [2.45, 2.75) is 20.8 Å². The third-order valence-corrected chi connectivity index (χ3v) is 4.63. The number of aromatic amines is 1. The molecule has 1 saturated carbocycles. The van der Waals surface area contributed by atoms with Crippen molar-refractivity contribution in [1.29, 1.82) is 0 Å². The molecule has 1 fully saturated rings. The molecule has 1 aromatic heterocycles. The van der Waals surface area contributed by atoms with Crippen LogP contribution in [0.5, 0.6) is 0 Å². The van der Waals surface area contributed by atoms with E-state index in [0.717, 1.165) is 16.8 Å². The lowest BCUT2D eigenvalue weighted by molar-refractivity contribution is -0.140. The number of benzene rings is 1. The Morgan fingerprint density at radius 3 is 2.43 bits per heavy atom. The molecule has 1 aliphatic rings. The van der Waals surface area contributed by atoms with Crippen molar-refractivity contribution in [3.8, 4) is 11.1 Å². The Morgan fingerprint density at radius 1 is 1.22 bits per heavy atom. The summed E-state index contributed by atoms with van der Waals surface area (Å²) in [5.74, 6) is -1.99. The van der Waals surface area contributed by atoms with Gasteiger partial charge >= 0.3 is 5.97 Å². The first-order valence-corrected chi connectivity index (χ1v) is 7.48. The summed E-state index contributed by atoms with van der Waals surface area (Å²) in [5, 5.41) is 19.0. The minimum Gasteiger partial charge on any atom is -0.481 e. The molecular formula is C17H19N3O3. The van der Waals surface area contributed by atoms with Gasteiger partial charge in [-0.15, -0.1) is 0 Å². The molecule has 0 bridgehead atoms. The third-order valence-electron chi connectivity index (χ3n) is 4.63. The first kappa shape index (κ1) is 15.3. The number of hydrogen-bond acceptors (Lipinski definition) is 3. The van der Waals surface area contributed by atoms with Gasteiger partial charge in [0.15, 0.2) is 5.82 Å². The van der Waals surface area contributed by atoms with Crippen molar-refractivity contribution < 1.29 is 14.7 Å². The molecule has 2 atom stereocenters. The van der Waals surface area contributed by atoms with Crippen LogP contribution in [-0.2, 0) is 9.59 Å². The summed E-state index contributed by atoms with van der Waals surface area (Å²) in [5.41, 5.74) is 2.08. The monoisotopic (exact) mass is 313 g/mol. The van der Waals surface area contributed by atoms with E-state index in [9.17, 15) is 14.7 Å². The van der Waals surface area contributed by atoms with E-state index in [1.807, 2.05) is 37.3 Å². The number of carbonyl (C=O) groups excluding carboxylic acids is 1. The number of aryl methyl sites for hydroxylation is 1. The molecule has 0 radical (unpaired) electrons. The third kappa shape index (κ3) is 2.50. The predicted molar refractivity (Wildman–Crippen MR) is 85.8 cm³/mol. The topological polar surface area (TPSA) is 95.1 Å². The molecule has 1 heterocycles. The molecule has 6 nitrogen and oxygen atoms in total. The highest BCUT2D eigenvalue weighted by Crippen LogP contribution is 2.58. The average Bonchev–Trinajstić information content (AvgIpc) is 2.91. The number of carboxylic acid groups (broad SMARTS) is 1. The van der Waals surface area contributed by atoms with Crippen LogP contribution >= 0.6 is 0 Å². The fourth-order valence-electron chi connectivity index (χ4n) is 3.26. The molecule has 0 unspecified atom stereocenters. The van der Waals surface area contributed by atoms with Crippen LogP contribution in [0, 0.1) is 24.2 Å². The summed E-state index contributed by atoms with van der Waals surface area (Å²) in [6.07, 6.45) is 0. The minimum atomic E-state index is -0.934. The number of aliphatic carboxylic acids is 1. The van der Waals surface area contributed by atoms with E-state index < -0.39 is 23.2 Å². The first-order chi connectivity index (χ1) is 10.8. The van der Waals surface area contributed by atoms with E-state index in [1.165, 1.54) is 0 Å². The number of carbonyl (C=O) groups is 2. The van der Waals surface area contributed by atoms with Crippen LogP contribution in [0.4, 0.5) is 5.82 Å². The van der Waals surface area contributed by atoms with Gasteiger partial charge in [-0.2, -0.15) is 5.10 Å². The van der Waals surface area contributed by atoms with Crippen molar-refractivity contribution in [2.75, 3.05) is 5.32 Å². The number of hydrogen-bond donors (Lipinski definition) is 3. The van der Waals surface area contributed by atoms with Crippen molar-refractivity contribution in [3.05, 3.63) is 36.0 Å². The van der Waals surface area contributed by atoms with E-state index in [4.69, 9.17) is 0 Å². The fourth-order valence-corrected chi connectivity index (χ4v) is 3.26. The van der Waals surface area contributed by atoms with Gasteiger partial charge in [0.1, 0.15) is 0 Å². The van der Waals surface area contributed by atoms with Crippen molar-refractivity contribution >= 4 is 17.7 Å². The number of anilines is 1. The van der Waals surface area contributed by atoms with Gasteiger partial charge in [-0.05, 0) is 17.9 Å². The molecule has 0 spiro atoms. The lowest BCUT2D eigenvalue weighted by Crippen LogP contribution is -2.18. The van der Waals surface area contributed by atoms with Crippen LogP contribution in [0.15, 0.2) is 30.3 Å². The number of amides is 1. The van der Waals surface area contributed by atoms with Crippen molar-refractivity contribution in [1.82, 2.24) is 10.2 Å². The van der Waals surface area contributed by atoms with Gasteiger partial charge in [-0.25, -0.2) is 0 Å². The second-order valence-electron chi connectivity index (χ2n) is 6.54. The zero-order valence-electron chi connectivity index (χ0n) is 13.3.